The molecule has 0 bridgehead atoms. The SMILES string of the molecule is CCOc1cc(C2/C(=C(\O)c3cc(Cl)c(OC)c(Cl)c3)C(=O)C(=O)N2c2ccc(N(C)C)cc2)ccc1O. The molecule has 1 atom stereocenters. The van der Waals surface area contributed by atoms with Crippen LogP contribution in [0.2, 0.25) is 10.0 Å². The Balaban J connectivity index is 1.96. The fraction of sp³-hybridized carbons (Fsp3) is 0.214. The molecular formula is C28H26Cl2N2O6. The number of anilines is 2. The van der Waals surface area contributed by atoms with Gasteiger partial charge in [0.05, 0.1) is 35.4 Å². The second kappa shape index (κ2) is 10.8. The van der Waals surface area contributed by atoms with Crippen molar-refractivity contribution in [1.82, 2.24) is 0 Å². The van der Waals surface area contributed by atoms with E-state index in [0.717, 1.165) is 5.69 Å². The summed E-state index contributed by atoms with van der Waals surface area (Å²) in [6, 6.07) is 13.4. The molecule has 4 rings (SSSR count). The second-order valence-corrected chi connectivity index (χ2v) is 9.53. The van der Waals surface area contributed by atoms with E-state index in [4.69, 9.17) is 32.7 Å². The number of Topliss-reactive ketones (excluding diaryl/α,β-unsaturated/α-hetero) is 1. The van der Waals surface area contributed by atoms with Gasteiger partial charge < -0.3 is 24.6 Å². The van der Waals surface area contributed by atoms with E-state index in [1.54, 1.807) is 25.1 Å². The molecule has 3 aromatic rings. The van der Waals surface area contributed by atoms with Gasteiger partial charge in [-0.1, -0.05) is 29.3 Å². The summed E-state index contributed by atoms with van der Waals surface area (Å²) in [5.74, 6) is -1.89. The maximum absolute atomic E-state index is 13.4. The summed E-state index contributed by atoms with van der Waals surface area (Å²) in [5, 5.41) is 21.9. The number of ketones is 1. The van der Waals surface area contributed by atoms with Gasteiger partial charge in [0, 0.05) is 31.0 Å². The van der Waals surface area contributed by atoms with Crippen LogP contribution in [-0.2, 0) is 9.59 Å². The number of aromatic hydroxyl groups is 1. The standard InChI is InChI=1S/C28H26Cl2N2O6/c1-5-38-22-14-15(6-11-21(22)33)24-23(25(34)16-12-19(29)27(37-4)20(30)13-16)26(35)28(36)32(24)18-9-7-17(8-10-18)31(2)3/h6-14,24,33-34H,5H2,1-4H3/b25-23+. The molecule has 38 heavy (non-hydrogen) atoms. The Kier molecular flexibility index (Phi) is 7.76. The molecule has 8 nitrogen and oxygen atoms in total. The topological polar surface area (TPSA) is 99.5 Å². The Morgan fingerprint density at radius 2 is 1.66 bits per heavy atom. The number of hydrogen-bond donors (Lipinski definition) is 2. The molecule has 1 heterocycles. The largest absolute Gasteiger partial charge is 0.507 e. The van der Waals surface area contributed by atoms with E-state index >= 15 is 0 Å². The lowest BCUT2D eigenvalue weighted by Crippen LogP contribution is -2.29. The number of phenolic OH excluding ortho intramolecular Hbond substituents is 1. The van der Waals surface area contributed by atoms with Crippen LogP contribution in [0.3, 0.4) is 0 Å². The second-order valence-electron chi connectivity index (χ2n) is 8.71. The summed E-state index contributed by atoms with van der Waals surface area (Å²) >= 11 is 12.6. The molecule has 1 aliphatic rings. The van der Waals surface area contributed by atoms with Gasteiger partial charge in [0.1, 0.15) is 5.76 Å². The normalized spacial score (nSPS) is 16.6. The number of hydrogen-bond acceptors (Lipinski definition) is 7. The van der Waals surface area contributed by atoms with Crippen LogP contribution in [0.5, 0.6) is 17.2 Å². The molecule has 1 aliphatic heterocycles. The first-order chi connectivity index (χ1) is 18.1. The highest BCUT2D eigenvalue weighted by atomic mass is 35.5. The quantitative estimate of drug-likeness (QED) is 0.215. The van der Waals surface area contributed by atoms with Gasteiger partial charge in [0.15, 0.2) is 17.2 Å². The van der Waals surface area contributed by atoms with Crippen molar-refractivity contribution in [3.63, 3.8) is 0 Å². The minimum Gasteiger partial charge on any atom is -0.507 e. The molecule has 1 fully saturated rings. The molecule has 0 spiro atoms. The van der Waals surface area contributed by atoms with E-state index in [9.17, 15) is 19.8 Å². The van der Waals surface area contributed by atoms with Gasteiger partial charge in [0.2, 0.25) is 0 Å². The van der Waals surface area contributed by atoms with Crippen LogP contribution in [0.25, 0.3) is 5.76 Å². The third-order valence-corrected chi connectivity index (χ3v) is 6.73. The Morgan fingerprint density at radius 3 is 2.21 bits per heavy atom. The van der Waals surface area contributed by atoms with E-state index < -0.39 is 23.5 Å². The van der Waals surface area contributed by atoms with Crippen LogP contribution in [0.4, 0.5) is 11.4 Å². The average molecular weight is 557 g/mol. The first kappa shape index (κ1) is 27.2. The number of carbonyl (C=O) groups excluding carboxylic acids is 2. The summed E-state index contributed by atoms with van der Waals surface area (Å²) in [6.45, 7) is 2.05. The van der Waals surface area contributed by atoms with Gasteiger partial charge in [0.25, 0.3) is 11.7 Å². The molecule has 198 valence electrons. The van der Waals surface area contributed by atoms with Crippen molar-refractivity contribution < 1.29 is 29.3 Å². The van der Waals surface area contributed by atoms with Crippen molar-refractivity contribution in [1.29, 1.82) is 0 Å². The minimum atomic E-state index is -1.04. The molecular weight excluding hydrogens is 531 g/mol. The Morgan fingerprint density at radius 1 is 1.03 bits per heavy atom. The summed E-state index contributed by atoms with van der Waals surface area (Å²) in [4.78, 5) is 30.1. The van der Waals surface area contributed by atoms with Gasteiger partial charge in [-0.2, -0.15) is 0 Å². The number of benzene rings is 3. The molecule has 1 unspecified atom stereocenters. The highest BCUT2D eigenvalue weighted by Gasteiger charge is 2.47. The molecule has 1 saturated heterocycles. The maximum Gasteiger partial charge on any atom is 0.300 e. The van der Waals surface area contributed by atoms with E-state index in [1.165, 1.54) is 36.3 Å². The fourth-order valence-corrected chi connectivity index (χ4v) is 4.99. The van der Waals surface area contributed by atoms with Crippen molar-refractivity contribution in [2.24, 2.45) is 0 Å². The number of rotatable bonds is 7. The maximum atomic E-state index is 13.4. The first-order valence-electron chi connectivity index (χ1n) is 11.7. The molecule has 0 aromatic heterocycles. The van der Waals surface area contributed by atoms with Crippen LogP contribution < -0.4 is 19.3 Å². The number of aliphatic hydroxyl groups is 1. The lowest BCUT2D eigenvalue weighted by molar-refractivity contribution is -0.132. The molecule has 10 heteroatoms. The highest BCUT2D eigenvalue weighted by molar-refractivity contribution is 6.51. The van der Waals surface area contributed by atoms with E-state index in [-0.39, 0.29) is 45.0 Å². The van der Waals surface area contributed by atoms with Crippen LogP contribution in [0, 0.1) is 0 Å². The van der Waals surface area contributed by atoms with E-state index in [1.807, 2.05) is 31.1 Å². The predicted molar refractivity (Wildman–Crippen MR) is 148 cm³/mol. The smallest absolute Gasteiger partial charge is 0.300 e. The van der Waals surface area contributed by atoms with Gasteiger partial charge in [-0.25, -0.2) is 0 Å². The van der Waals surface area contributed by atoms with Crippen LogP contribution in [0.15, 0.2) is 60.2 Å². The molecule has 0 saturated carbocycles. The van der Waals surface area contributed by atoms with Gasteiger partial charge in [-0.3, -0.25) is 14.5 Å². The Hall–Kier alpha value is -3.88. The number of amides is 1. The van der Waals surface area contributed by atoms with Gasteiger partial charge >= 0.3 is 0 Å². The molecule has 3 aromatic carbocycles. The lowest BCUT2D eigenvalue weighted by atomic mass is 9.94. The average Bonchev–Trinajstić information content (AvgIpc) is 3.15. The third-order valence-electron chi connectivity index (χ3n) is 6.16. The first-order valence-corrected chi connectivity index (χ1v) is 12.4. The summed E-state index contributed by atoms with van der Waals surface area (Å²) < 4.78 is 10.7. The summed E-state index contributed by atoms with van der Waals surface area (Å²) in [7, 11) is 5.18. The van der Waals surface area contributed by atoms with Crippen LogP contribution >= 0.6 is 23.2 Å². The summed E-state index contributed by atoms with van der Waals surface area (Å²) in [6.07, 6.45) is 0. The van der Waals surface area contributed by atoms with Crippen molar-refractivity contribution >= 4 is 52.0 Å². The molecule has 2 N–H and O–H groups in total. The van der Waals surface area contributed by atoms with Gasteiger partial charge in [-0.15, -0.1) is 0 Å². The minimum absolute atomic E-state index is 0.100. The zero-order valence-electron chi connectivity index (χ0n) is 21.2. The number of phenols is 1. The number of nitrogens with zero attached hydrogens (tertiary/aromatic N) is 2. The fourth-order valence-electron chi connectivity index (χ4n) is 4.34. The van der Waals surface area contributed by atoms with Crippen LogP contribution in [0.1, 0.15) is 24.1 Å². The molecule has 0 radical (unpaired) electrons. The van der Waals surface area contributed by atoms with Gasteiger partial charge in [-0.05, 0) is 61.0 Å². The zero-order chi connectivity index (χ0) is 27.7. The van der Waals surface area contributed by atoms with E-state index in [0.29, 0.717) is 11.3 Å². The van der Waals surface area contributed by atoms with Crippen molar-refractivity contribution in [3.8, 4) is 17.2 Å². The number of ether oxygens (including phenoxy) is 2. The van der Waals surface area contributed by atoms with Crippen molar-refractivity contribution in [3.05, 3.63) is 81.3 Å². The lowest BCUT2D eigenvalue weighted by Gasteiger charge is -2.26. The summed E-state index contributed by atoms with van der Waals surface area (Å²) in [5.41, 5.74) is 1.74. The molecule has 0 aliphatic carbocycles. The zero-order valence-corrected chi connectivity index (χ0v) is 22.7. The predicted octanol–water partition coefficient (Wildman–Crippen LogP) is 5.80. The van der Waals surface area contributed by atoms with E-state index in [2.05, 4.69) is 0 Å². The van der Waals surface area contributed by atoms with Crippen molar-refractivity contribution in [2.75, 3.05) is 37.6 Å². The van der Waals surface area contributed by atoms with Crippen molar-refractivity contribution in [2.45, 2.75) is 13.0 Å². The number of aliphatic hydroxyl groups excluding tert-OH is 1. The van der Waals surface area contributed by atoms with Crippen LogP contribution in [-0.4, -0.2) is 49.7 Å². The monoisotopic (exact) mass is 556 g/mol. The highest BCUT2D eigenvalue weighted by Crippen LogP contribution is 2.45. The third kappa shape index (κ3) is 4.85. The number of methoxy groups -OCH3 is 1. The molecule has 1 amide bonds. The number of carbonyl (C=O) groups is 2. The number of halogens is 2. The Labute approximate surface area is 230 Å². The Bertz CT molecular complexity index is 1410.